The van der Waals surface area contributed by atoms with Crippen molar-refractivity contribution < 1.29 is 28.3 Å². The number of benzene rings is 2. The number of allylic oxidation sites excluding steroid dienone is 1. The Kier molecular flexibility index (Phi) is 7.85. The summed E-state index contributed by atoms with van der Waals surface area (Å²) in [7, 11) is -0.492. The quantitative estimate of drug-likeness (QED) is 0.258. The summed E-state index contributed by atoms with van der Waals surface area (Å²) in [5.74, 6) is -1.21. The number of aliphatic carboxylic acids is 1. The lowest BCUT2D eigenvalue weighted by atomic mass is 9.59. The van der Waals surface area contributed by atoms with E-state index >= 15 is 4.39 Å². The predicted molar refractivity (Wildman–Crippen MR) is 156 cm³/mol. The molecule has 1 saturated carbocycles. The van der Waals surface area contributed by atoms with Crippen LogP contribution in [0.15, 0.2) is 54.0 Å². The molecule has 1 N–H and O–H groups in total. The summed E-state index contributed by atoms with van der Waals surface area (Å²) in [4.78, 5) is 11.0. The Morgan fingerprint density at radius 3 is 2.41 bits per heavy atom. The number of hydrogen-bond acceptors (Lipinski definition) is 5. The second-order valence-corrected chi connectivity index (χ2v) is 12.2. The van der Waals surface area contributed by atoms with E-state index < -0.39 is 19.0 Å². The van der Waals surface area contributed by atoms with Gasteiger partial charge in [-0.15, -0.1) is 5.10 Å². The first-order chi connectivity index (χ1) is 19.8. The van der Waals surface area contributed by atoms with E-state index in [2.05, 4.69) is 18.9 Å². The van der Waals surface area contributed by atoms with Gasteiger partial charge in [0.25, 0.3) is 0 Å². The molecular weight excluding hydrogens is 522 g/mol. The highest BCUT2D eigenvalue weighted by molar-refractivity contribution is 6.56. The highest BCUT2D eigenvalue weighted by Crippen LogP contribution is 2.43. The average Bonchev–Trinajstić information content (AvgIpc) is 3.27. The number of carboxylic acid groups (broad SMARTS) is 1. The molecule has 0 spiro atoms. The van der Waals surface area contributed by atoms with Gasteiger partial charge in [-0.25, -0.2) is 9.48 Å². The molecule has 0 radical (unpaired) electrons. The lowest BCUT2D eigenvalue weighted by molar-refractivity contribution is -0.131. The van der Waals surface area contributed by atoms with E-state index in [0.29, 0.717) is 36.6 Å². The third-order valence-corrected chi connectivity index (χ3v) is 8.33. The summed E-state index contributed by atoms with van der Waals surface area (Å²) < 4.78 is 35.7. The highest BCUT2D eigenvalue weighted by atomic mass is 19.1. The van der Waals surface area contributed by atoms with Crippen LogP contribution in [0.1, 0.15) is 75.3 Å². The van der Waals surface area contributed by atoms with Gasteiger partial charge in [0.05, 0.1) is 10.9 Å². The number of ether oxygens (including phenoxy) is 1. The van der Waals surface area contributed by atoms with Gasteiger partial charge in [0.2, 0.25) is 5.95 Å². The fourth-order valence-corrected chi connectivity index (χ4v) is 5.93. The lowest BCUT2D eigenvalue weighted by Gasteiger charge is -2.39. The van der Waals surface area contributed by atoms with Crippen LogP contribution in [-0.2, 0) is 18.8 Å². The van der Waals surface area contributed by atoms with Gasteiger partial charge in [-0.3, -0.25) is 0 Å². The van der Waals surface area contributed by atoms with Crippen molar-refractivity contribution in [2.45, 2.75) is 58.6 Å². The molecule has 2 aliphatic heterocycles. The van der Waals surface area contributed by atoms with Gasteiger partial charge < -0.3 is 19.2 Å². The van der Waals surface area contributed by atoms with Crippen molar-refractivity contribution in [1.29, 1.82) is 0 Å². The molecule has 214 valence electrons. The van der Waals surface area contributed by atoms with Gasteiger partial charge in [-0.2, -0.15) is 4.39 Å². The minimum Gasteiger partial charge on any atom is -0.478 e. The van der Waals surface area contributed by atoms with Crippen molar-refractivity contribution in [3.8, 4) is 0 Å². The highest BCUT2D eigenvalue weighted by Gasteiger charge is 2.41. The molecule has 6 rings (SSSR count). The Hall–Kier alpha value is -3.27. The fraction of sp³-hybridized carbons (Fsp3) is 0.438. The van der Waals surface area contributed by atoms with Crippen LogP contribution >= 0.6 is 0 Å². The molecule has 41 heavy (non-hydrogen) atoms. The summed E-state index contributed by atoms with van der Waals surface area (Å²) in [6.07, 6.45) is 8.50. The third kappa shape index (κ3) is 5.89. The first-order valence-corrected chi connectivity index (χ1v) is 14.6. The normalized spacial score (nSPS) is 22.1. The minimum atomic E-state index is -0.994. The monoisotopic (exact) mass is 558 g/mol. The van der Waals surface area contributed by atoms with Gasteiger partial charge in [0.15, 0.2) is 6.23 Å². The molecule has 1 unspecified atom stereocenters. The van der Waals surface area contributed by atoms with Crippen molar-refractivity contribution in [3.63, 3.8) is 0 Å². The summed E-state index contributed by atoms with van der Waals surface area (Å²) in [5, 5.41) is 13.7. The van der Waals surface area contributed by atoms with Gasteiger partial charge in [-0.05, 0) is 84.0 Å². The van der Waals surface area contributed by atoms with Crippen molar-refractivity contribution >= 4 is 35.6 Å². The molecule has 3 fully saturated rings. The Morgan fingerprint density at radius 1 is 1.05 bits per heavy atom. The van der Waals surface area contributed by atoms with Gasteiger partial charge >= 0.3 is 13.1 Å². The maximum atomic E-state index is 15.4. The maximum Gasteiger partial charge on any atom is 0.490 e. The van der Waals surface area contributed by atoms with Crippen LogP contribution in [0.25, 0.3) is 22.6 Å². The van der Waals surface area contributed by atoms with E-state index in [1.807, 2.05) is 42.5 Å². The van der Waals surface area contributed by atoms with Crippen LogP contribution in [-0.4, -0.2) is 47.8 Å². The number of nitrogens with zero attached hydrogens (tertiary/aromatic N) is 2. The summed E-state index contributed by atoms with van der Waals surface area (Å²) in [6, 6.07) is 13.6. The van der Waals surface area contributed by atoms with Crippen LogP contribution in [0.4, 0.5) is 4.39 Å². The standard InChI is InChI=1S/C32H36BFN2O5/c1-32(2)19-40-33(41-20-32)30(23-6-5-7-23)29(22-12-9-21(10-13-22)11-16-28(37)38)24-14-15-26-25(18-24)31(34)35-36(26)27-8-3-4-17-39-27/h9-16,18,23,27H,3-8,17,19-20H2,1-2H3,(H,37,38)/b16-11+,30-29+. The number of carboxylic acids is 1. The van der Waals surface area contributed by atoms with Crippen molar-refractivity contribution in [1.82, 2.24) is 9.78 Å². The van der Waals surface area contributed by atoms with Gasteiger partial charge in [-0.1, -0.05) is 50.6 Å². The van der Waals surface area contributed by atoms with E-state index in [9.17, 15) is 4.79 Å². The van der Waals surface area contributed by atoms with E-state index in [4.69, 9.17) is 19.2 Å². The second-order valence-electron chi connectivity index (χ2n) is 12.2. The molecule has 3 aromatic rings. The van der Waals surface area contributed by atoms with E-state index in [0.717, 1.165) is 72.3 Å². The number of carbonyl (C=O) groups is 1. The Morgan fingerprint density at radius 2 is 1.78 bits per heavy atom. The lowest BCUT2D eigenvalue weighted by Crippen LogP contribution is -2.44. The molecule has 2 aromatic carbocycles. The smallest absolute Gasteiger partial charge is 0.478 e. The Labute approximate surface area is 240 Å². The minimum absolute atomic E-state index is 0.0721. The second kappa shape index (κ2) is 11.5. The molecule has 1 atom stereocenters. The van der Waals surface area contributed by atoms with E-state index in [1.54, 1.807) is 10.8 Å². The van der Waals surface area contributed by atoms with E-state index in [-0.39, 0.29) is 11.6 Å². The molecule has 2 saturated heterocycles. The number of aromatic nitrogens is 2. The largest absolute Gasteiger partial charge is 0.490 e. The molecule has 9 heteroatoms. The van der Waals surface area contributed by atoms with Crippen LogP contribution in [0, 0.1) is 17.3 Å². The molecule has 1 aliphatic carbocycles. The van der Waals surface area contributed by atoms with Crippen LogP contribution < -0.4 is 0 Å². The number of halogens is 1. The molecule has 7 nitrogen and oxygen atoms in total. The fourth-order valence-electron chi connectivity index (χ4n) is 5.93. The zero-order valence-corrected chi connectivity index (χ0v) is 23.6. The maximum absolute atomic E-state index is 15.4. The van der Waals surface area contributed by atoms with Gasteiger partial charge in [0, 0.05) is 31.3 Å². The predicted octanol–water partition coefficient (Wildman–Crippen LogP) is 6.67. The summed E-state index contributed by atoms with van der Waals surface area (Å²) in [5.41, 5.74) is 5.29. The number of hydrogen-bond donors (Lipinski definition) is 1. The average molecular weight is 558 g/mol. The Bertz CT molecular complexity index is 1480. The van der Waals surface area contributed by atoms with Crippen LogP contribution in [0.5, 0.6) is 0 Å². The molecular formula is C32H36BFN2O5. The van der Waals surface area contributed by atoms with Crippen LogP contribution in [0.3, 0.4) is 0 Å². The van der Waals surface area contributed by atoms with Gasteiger partial charge in [0.1, 0.15) is 0 Å². The molecule has 0 amide bonds. The number of rotatable bonds is 7. The molecule has 3 aliphatic rings. The van der Waals surface area contributed by atoms with Crippen molar-refractivity contribution in [2.24, 2.45) is 11.3 Å². The zero-order valence-electron chi connectivity index (χ0n) is 23.6. The molecule has 3 heterocycles. The summed E-state index contributed by atoms with van der Waals surface area (Å²) >= 11 is 0. The first-order valence-electron chi connectivity index (χ1n) is 14.6. The summed E-state index contributed by atoms with van der Waals surface area (Å²) in [6.45, 7) is 6.08. The SMILES string of the molecule is CC1(C)COB(/C(=C(\c2ccc(/C=C/C(=O)O)cc2)c2ccc3c(c2)c(F)nn3C2CCCCO2)C2CCC2)OC1. The first kappa shape index (κ1) is 27.9. The zero-order chi connectivity index (χ0) is 28.6. The van der Waals surface area contributed by atoms with E-state index in [1.165, 1.54) is 0 Å². The molecule has 0 bridgehead atoms. The number of fused-ring (bicyclic) bond motifs is 1. The third-order valence-electron chi connectivity index (χ3n) is 8.33. The topological polar surface area (TPSA) is 82.8 Å². The van der Waals surface area contributed by atoms with Crippen molar-refractivity contribution in [2.75, 3.05) is 19.8 Å². The molecule has 1 aromatic heterocycles. The van der Waals surface area contributed by atoms with Crippen molar-refractivity contribution in [3.05, 3.63) is 76.7 Å². The Balaban J connectivity index is 1.48. The van der Waals surface area contributed by atoms with Crippen LogP contribution in [0.2, 0.25) is 0 Å².